The summed E-state index contributed by atoms with van der Waals surface area (Å²) in [6, 6.07) is 13.9. The smallest absolute Gasteiger partial charge is 0.310 e. The highest BCUT2D eigenvalue weighted by Gasteiger charge is 2.27. The van der Waals surface area contributed by atoms with E-state index in [0.717, 1.165) is 54.0 Å². The molecule has 40 heavy (non-hydrogen) atoms. The first-order valence-electron chi connectivity index (χ1n) is 13.8. The van der Waals surface area contributed by atoms with E-state index >= 15 is 0 Å². The summed E-state index contributed by atoms with van der Waals surface area (Å²) < 4.78 is 23.0. The fourth-order valence-corrected chi connectivity index (χ4v) is 5.36. The number of carbonyl (C=O) groups is 2. The molecular weight excluding hydrogens is 511 g/mol. The Bertz CT molecular complexity index is 1370. The van der Waals surface area contributed by atoms with Gasteiger partial charge in [0.1, 0.15) is 18.0 Å². The molecule has 2 heterocycles. The number of aliphatic hydroxyl groups excluding tert-OH is 1. The number of carbonyl (C=O) groups excluding carboxylic acids is 1. The molecule has 0 bridgehead atoms. The Labute approximate surface area is 234 Å². The van der Waals surface area contributed by atoms with Crippen LogP contribution in [0.1, 0.15) is 68.8 Å². The highest BCUT2D eigenvalue weighted by Crippen LogP contribution is 2.40. The van der Waals surface area contributed by atoms with Crippen molar-refractivity contribution in [1.29, 1.82) is 0 Å². The number of ketones is 1. The first-order chi connectivity index (χ1) is 19.2. The van der Waals surface area contributed by atoms with Crippen LogP contribution in [-0.4, -0.2) is 45.8 Å². The largest absolute Gasteiger partial charge is 0.481 e. The van der Waals surface area contributed by atoms with E-state index in [4.69, 9.17) is 9.84 Å². The van der Waals surface area contributed by atoms with Crippen molar-refractivity contribution in [3.63, 3.8) is 0 Å². The van der Waals surface area contributed by atoms with Gasteiger partial charge in [-0.2, -0.15) is 0 Å². The first-order valence-corrected chi connectivity index (χ1v) is 13.8. The fraction of sp³-hybridized carbons (Fsp3) is 0.375. The van der Waals surface area contributed by atoms with Crippen LogP contribution in [-0.2, 0) is 9.59 Å². The number of carboxylic acid groups (broad SMARTS) is 1. The van der Waals surface area contributed by atoms with Crippen LogP contribution in [0.3, 0.4) is 0 Å². The van der Waals surface area contributed by atoms with Gasteiger partial charge >= 0.3 is 5.97 Å². The summed E-state index contributed by atoms with van der Waals surface area (Å²) in [5, 5.41) is 21.8. The first kappa shape index (κ1) is 29.1. The second kappa shape index (κ2) is 13.0. The van der Waals surface area contributed by atoms with Crippen molar-refractivity contribution in [3.05, 3.63) is 77.4 Å². The van der Waals surface area contributed by atoms with Gasteiger partial charge < -0.3 is 20.0 Å². The number of piperidine rings is 1. The normalized spacial score (nSPS) is 14.6. The van der Waals surface area contributed by atoms with Gasteiger partial charge in [0.15, 0.2) is 11.6 Å². The average molecular weight is 549 g/mol. The molecule has 212 valence electrons. The van der Waals surface area contributed by atoms with Crippen LogP contribution in [0.4, 0.5) is 4.39 Å². The predicted molar refractivity (Wildman–Crippen MR) is 154 cm³/mol. The topological polar surface area (TPSA) is 92.0 Å². The number of ether oxygens (including phenoxy) is 1. The molecule has 0 aliphatic carbocycles. The number of para-hydroxylation sites is 1. The minimum Gasteiger partial charge on any atom is -0.481 e. The maximum Gasteiger partial charge on any atom is 0.310 e. The molecule has 1 fully saturated rings. The molecule has 1 aliphatic rings. The zero-order valence-electron chi connectivity index (χ0n) is 23.3. The monoisotopic (exact) mass is 548 g/mol. The van der Waals surface area contributed by atoms with Crippen molar-refractivity contribution in [3.8, 4) is 22.6 Å². The third kappa shape index (κ3) is 6.80. The number of carboxylic acids is 1. The highest BCUT2D eigenvalue weighted by atomic mass is 19.1. The number of hydrogen-bond donors (Lipinski definition) is 2. The van der Waals surface area contributed by atoms with Crippen LogP contribution in [0.25, 0.3) is 17.2 Å². The quantitative estimate of drug-likeness (QED) is 0.268. The molecule has 1 atom stereocenters. The molecule has 2 N–H and O–H groups in total. The van der Waals surface area contributed by atoms with E-state index in [0.29, 0.717) is 5.75 Å². The maximum atomic E-state index is 14.9. The molecule has 1 aromatic heterocycles. The molecule has 0 radical (unpaired) electrons. The Morgan fingerprint density at radius 3 is 2.42 bits per heavy atom. The maximum absolute atomic E-state index is 14.9. The second-order valence-electron chi connectivity index (χ2n) is 10.5. The second-order valence-corrected chi connectivity index (χ2v) is 10.5. The van der Waals surface area contributed by atoms with Crippen molar-refractivity contribution < 1.29 is 28.9 Å². The summed E-state index contributed by atoms with van der Waals surface area (Å²) in [5.74, 6) is -1.50. The van der Waals surface area contributed by atoms with Gasteiger partial charge in [-0.05, 0) is 61.9 Å². The van der Waals surface area contributed by atoms with E-state index in [1.54, 1.807) is 30.3 Å². The summed E-state index contributed by atoms with van der Waals surface area (Å²) in [7, 11) is 0. The number of aliphatic hydroxyl groups is 1. The highest BCUT2D eigenvalue weighted by molar-refractivity contribution is 5.95. The standard InChI is InChI=1S/C32H37FN2O5/c1-21(2)32-27(14-13-24(36)19-25(37)20-30(38)39)31(22(3)35(32)34-16-8-5-9-17-34)23-12-15-28(33)29(18-23)40-26-10-6-4-7-11-26/h4,6-7,10-15,18,21,24,36H,5,8-9,16-17,19-20H2,1-3H3,(H,38,39). The van der Waals surface area contributed by atoms with Crippen LogP contribution in [0, 0.1) is 12.7 Å². The number of nitrogens with zero attached hydrogens (tertiary/aromatic N) is 2. The Kier molecular flexibility index (Phi) is 9.42. The number of benzene rings is 2. The third-order valence-electron chi connectivity index (χ3n) is 7.08. The molecule has 0 saturated carbocycles. The Morgan fingerprint density at radius 1 is 1.07 bits per heavy atom. The zero-order chi connectivity index (χ0) is 28.8. The Morgan fingerprint density at radius 2 is 1.77 bits per heavy atom. The Balaban J connectivity index is 1.82. The number of aliphatic carboxylic acids is 1. The third-order valence-corrected chi connectivity index (χ3v) is 7.08. The van der Waals surface area contributed by atoms with E-state index in [-0.39, 0.29) is 18.1 Å². The van der Waals surface area contributed by atoms with Gasteiger partial charge in [0, 0.05) is 36.3 Å². The molecular formula is C32H37FN2O5. The number of rotatable bonds is 11. The van der Waals surface area contributed by atoms with Gasteiger partial charge in [0.25, 0.3) is 0 Å². The molecule has 2 aromatic carbocycles. The lowest BCUT2D eigenvalue weighted by atomic mass is 9.96. The lowest BCUT2D eigenvalue weighted by Gasteiger charge is -2.33. The van der Waals surface area contributed by atoms with Crippen LogP contribution >= 0.6 is 0 Å². The minimum absolute atomic E-state index is 0.106. The van der Waals surface area contributed by atoms with E-state index in [9.17, 15) is 19.1 Å². The van der Waals surface area contributed by atoms with Crippen LogP contribution in [0.5, 0.6) is 11.5 Å². The summed E-state index contributed by atoms with van der Waals surface area (Å²) >= 11 is 0. The number of aromatic nitrogens is 1. The minimum atomic E-state index is -1.22. The lowest BCUT2D eigenvalue weighted by molar-refractivity contribution is -0.140. The molecule has 1 aliphatic heterocycles. The van der Waals surface area contributed by atoms with Crippen molar-refractivity contribution >= 4 is 17.8 Å². The van der Waals surface area contributed by atoms with Crippen molar-refractivity contribution in [1.82, 2.24) is 4.68 Å². The van der Waals surface area contributed by atoms with Crippen molar-refractivity contribution in [2.24, 2.45) is 0 Å². The van der Waals surface area contributed by atoms with Gasteiger partial charge in [0.2, 0.25) is 0 Å². The van der Waals surface area contributed by atoms with Gasteiger partial charge in [-0.15, -0.1) is 0 Å². The van der Waals surface area contributed by atoms with E-state index in [1.807, 2.05) is 25.1 Å². The predicted octanol–water partition coefficient (Wildman–Crippen LogP) is 6.45. The van der Waals surface area contributed by atoms with Gasteiger partial charge in [0.05, 0.1) is 11.8 Å². The number of Topliss-reactive ketones (excluding diaryl/α,β-unsaturated/α-hetero) is 1. The van der Waals surface area contributed by atoms with Crippen molar-refractivity contribution in [2.45, 2.75) is 64.9 Å². The lowest BCUT2D eigenvalue weighted by Crippen LogP contribution is -2.41. The van der Waals surface area contributed by atoms with Gasteiger partial charge in [-0.1, -0.05) is 50.3 Å². The van der Waals surface area contributed by atoms with Crippen LogP contribution < -0.4 is 9.75 Å². The molecule has 3 aromatic rings. The SMILES string of the molecule is Cc1c(-c2ccc(F)c(Oc3ccccc3)c2)c(C=CC(O)CC(=O)CC(=O)O)c(C(C)C)n1N1CCCCC1. The van der Waals surface area contributed by atoms with E-state index in [1.165, 1.54) is 18.6 Å². The van der Waals surface area contributed by atoms with Gasteiger partial charge in [-0.25, -0.2) is 4.39 Å². The summed E-state index contributed by atoms with van der Waals surface area (Å²) in [6.45, 7) is 8.09. The van der Waals surface area contributed by atoms with Crippen LogP contribution in [0.15, 0.2) is 54.6 Å². The van der Waals surface area contributed by atoms with Crippen LogP contribution in [0.2, 0.25) is 0 Å². The molecule has 1 saturated heterocycles. The zero-order valence-corrected chi connectivity index (χ0v) is 23.3. The number of halogens is 1. The van der Waals surface area contributed by atoms with Gasteiger partial charge in [-0.3, -0.25) is 14.3 Å². The number of hydrogen-bond acceptors (Lipinski definition) is 5. The molecule has 7 nitrogen and oxygen atoms in total. The molecule has 0 spiro atoms. The van der Waals surface area contributed by atoms with Crippen molar-refractivity contribution in [2.75, 3.05) is 18.1 Å². The molecule has 0 amide bonds. The summed E-state index contributed by atoms with van der Waals surface area (Å²) in [6.07, 6.45) is 4.65. The summed E-state index contributed by atoms with van der Waals surface area (Å²) in [5.41, 5.74) is 4.54. The molecule has 4 rings (SSSR count). The summed E-state index contributed by atoms with van der Waals surface area (Å²) in [4.78, 5) is 22.9. The van der Waals surface area contributed by atoms with E-state index < -0.39 is 30.1 Å². The average Bonchev–Trinajstić information content (AvgIpc) is 3.21. The molecule has 8 heteroatoms. The molecule has 1 unspecified atom stereocenters. The fourth-order valence-electron chi connectivity index (χ4n) is 5.36. The van der Waals surface area contributed by atoms with E-state index in [2.05, 4.69) is 23.5 Å². The Hall–Kier alpha value is -3.91.